The largest absolute Gasteiger partial charge is 0.507 e. The monoisotopic (exact) mass is 173 g/mol. The molecule has 0 amide bonds. The maximum atomic E-state index is 9.62. The molecule has 13 heavy (non-hydrogen) atoms. The molecule has 0 aliphatic rings. The molecular formula is C11H11NO. The van der Waals surface area contributed by atoms with Gasteiger partial charge in [-0.2, -0.15) is 0 Å². The van der Waals surface area contributed by atoms with Gasteiger partial charge >= 0.3 is 0 Å². The van der Waals surface area contributed by atoms with Crippen LogP contribution in [0.15, 0.2) is 30.3 Å². The van der Waals surface area contributed by atoms with Gasteiger partial charge < -0.3 is 10.8 Å². The lowest BCUT2D eigenvalue weighted by atomic mass is 10.1. The summed E-state index contributed by atoms with van der Waals surface area (Å²) in [5.41, 5.74) is 7.50. The second-order valence-corrected chi connectivity index (χ2v) is 3.23. The summed E-state index contributed by atoms with van der Waals surface area (Å²) >= 11 is 0. The van der Waals surface area contributed by atoms with Gasteiger partial charge in [0.2, 0.25) is 0 Å². The molecule has 0 saturated carbocycles. The summed E-state index contributed by atoms with van der Waals surface area (Å²) in [5.74, 6) is 0.294. The number of aryl methyl sites for hydroxylation is 1. The van der Waals surface area contributed by atoms with Gasteiger partial charge in [-0.05, 0) is 30.7 Å². The van der Waals surface area contributed by atoms with E-state index in [9.17, 15) is 5.11 Å². The number of fused-ring (bicyclic) bond motifs is 1. The van der Waals surface area contributed by atoms with E-state index in [4.69, 9.17) is 5.73 Å². The quantitative estimate of drug-likeness (QED) is 0.601. The highest BCUT2D eigenvalue weighted by Crippen LogP contribution is 2.29. The van der Waals surface area contributed by atoms with Gasteiger partial charge in [0, 0.05) is 16.5 Å². The van der Waals surface area contributed by atoms with Crippen molar-refractivity contribution in [3.8, 4) is 5.75 Å². The SMILES string of the molecule is Cc1cc(O)c2cccc(N)c2c1. The molecule has 2 aromatic carbocycles. The maximum Gasteiger partial charge on any atom is 0.123 e. The van der Waals surface area contributed by atoms with E-state index in [-0.39, 0.29) is 0 Å². The lowest BCUT2D eigenvalue weighted by Crippen LogP contribution is -1.87. The second kappa shape index (κ2) is 2.66. The highest BCUT2D eigenvalue weighted by molar-refractivity contribution is 5.97. The number of anilines is 1. The fourth-order valence-electron chi connectivity index (χ4n) is 1.53. The fraction of sp³-hybridized carbons (Fsp3) is 0.0909. The molecule has 0 radical (unpaired) electrons. The Balaban J connectivity index is 2.94. The summed E-state index contributed by atoms with van der Waals surface area (Å²) in [5, 5.41) is 11.3. The zero-order valence-corrected chi connectivity index (χ0v) is 7.41. The number of benzene rings is 2. The highest BCUT2D eigenvalue weighted by atomic mass is 16.3. The van der Waals surface area contributed by atoms with Gasteiger partial charge in [0.05, 0.1) is 0 Å². The van der Waals surface area contributed by atoms with Crippen molar-refractivity contribution in [2.75, 3.05) is 5.73 Å². The zero-order valence-electron chi connectivity index (χ0n) is 7.41. The molecule has 2 rings (SSSR count). The summed E-state index contributed by atoms with van der Waals surface area (Å²) in [4.78, 5) is 0. The Morgan fingerprint density at radius 1 is 1.15 bits per heavy atom. The smallest absolute Gasteiger partial charge is 0.123 e. The van der Waals surface area contributed by atoms with Crippen molar-refractivity contribution in [2.24, 2.45) is 0 Å². The highest BCUT2D eigenvalue weighted by Gasteiger charge is 2.02. The number of phenols is 1. The average molecular weight is 173 g/mol. The van der Waals surface area contributed by atoms with Crippen molar-refractivity contribution in [3.63, 3.8) is 0 Å². The Bertz CT molecular complexity index is 463. The van der Waals surface area contributed by atoms with Gasteiger partial charge in [0.15, 0.2) is 0 Å². The molecular weight excluding hydrogens is 162 g/mol. The van der Waals surface area contributed by atoms with Crippen LogP contribution >= 0.6 is 0 Å². The minimum Gasteiger partial charge on any atom is -0.507 e. The van der Waals surface area contributed by atoms with Crippen LogP contribution in [0.3, 0.4) is 0 Å². The molecule has 3 N–H and O–H groups in total. The average Bonchev–Trinajstić information content (AvgIpc) is 2.07. The van der Waals surface area contributed by atoms with E-state index >= 15 is 0 Å². The molecule has 2 heteroatoms. The van der Waals surface area contributed by atoms with Crippen LogP contribution in [0.25, 0.3) is 10.8 Å². The van der Waals surface area contributed by atoms with Crippen LogP contribution in [0.1, 0.15) is 5.56 Å². The standard InChI is InChI=1S/C11H11NO/c1-7-5-9-8(11(13)6-7)3-2-4-10(9)12/h2-6,13H,12H2,1H3. The lowest BCUT2D eigenvalue weighted by molar-refractivity contribution is 0.481. The molecule has 0 spiro atoms. The lowest BCUT2D eigenvalue weighted by Gasteiger charge is -2.04. The Hall–Kier alpha value is -1.70. The van der Waals surface area contributed by atoms with Crippen LogP contribution in [0.5, 0.6) is 5.75 Å². The number of hydrogen-bond donors (Lipinski definition) is 2. The number of nitrogens with two attached hydrogens (primary N) is 1. The van der Waals surface area contributed by atoms with Gasteiger partial charge in [-0.3, -0.25) is 0 Å². The molecule has 66 valence electrons. The maximum absolute atomic E-state index is 9.62. The van der Waals surface area contributed by atoms with Gasteiger partial charge in [0.25, 0.3) is 0 Å². The van der Waals surface area contributed by atoms with E-state index < -0.39 is 0 Å². The normalized spacial score (nSPS) is 10.5. The molecule has 0 aromatic heterocycles. The Morgan fingerprint density at radius 2 is 1.92 bits per heavy atom. The van der Waals surface area contributed by atoms with Crippen molar-refractivity contribution in [3.05, 3.63) is 35.9 Å². The van der Waals surface area contributed by atoms with E-state index in [0.29, 0.717) is 11.4 Å². The number of phenolic OH excluding ortho intramolecular Hbond substituents is 1. The first-order chi connectivity index (χ1) is 6.18. The summed E-state index contributed by atoms with van der Waals surface area (Å²) in [6.45, 7) is 1.94. The van der Waals surface area contributed by atoms with E-state index in [2.05, 4.69) is 0 Å². The molecule has 0 fully saturated rings. The minimum atomic E-state index is 0.294. The zero-order chi connectivity index (χ0) is 9.42. The Labute approximate surface area is 76.6 Å². The first kappa shape index (κ1) is 7.92. The third-order valence-corrected chi connectivity index (χ3v) is 2.15. The van der Waals surface area contributed by atoms with Gasteiger partial charge in [0.1, 0.15) is 5.75 Å². The number of rotatable bonds is 0. The molecule has 0 unspecified atom stereocenters. The van der Waals surface area contributed by atoms with E-state index in [1.165, 1.54) is 0 Å². The second-order valence-electron chi connectivity index (χ2n) is 3.23. The third kappa shape index (κ3) is 1.20. The van der Waals surface area contributed by atoms with Crippen LogP contribution < -0.4 is 5.73 Å². The van der Waals surface area contributed by atoms with Crippen LogP contribution in [0.2, 0.25) is 0 Å². The predicted molar refractivity (Wildman–Crippen MR) is 54.8 cm³/mol. The third-order valence-electron chi connectivity index (χ3n) is 2.15. The summed E-state index contributed by atoms with van der Waals surface area (Å²) in [7, 11) is 0. The van der Waals surface area contributed by atoms with Gasteiger partial charge in [-0.25, -0.2) is 0 Å². The van der Waals surface area contributed by atoms with E-state index in [1.54, 1.807) is 6.07 Å². The topological polar surface area (TPSA) is 46.2 Å². The van der Waals surface area contributed by atoms with Crippen molar-refractivity contribution < 1.29 is 5.11 Å². The molecule has 2 aromatic rings. The Kier molecular flexibility index (Phi) is 1.62. The molecule has 2 nitrogen and oxygen atoms in total. The van der Waals surface area contributed by atoms with Crippen molar-refractivity contribution in [1.29, 1.82) is 0 Å². The fourth-order valence-corrected chi connectivity index (χ4v) is 1.53. The summed E-state index contributed by atoms with van der Waals surface area (Å²) in [6, 6.07) is 9.25. The first-order valence-electron chi connectivity index (χ1n) is 4.16. The number of hydrogen-bond acceptors (Lipinski definition) is 2. The van der Waals surface area contributed by atoms with Crippen LogP contribution in [0.4, 0.5) is 5.69 Å². The van der Waals surface area contributed by atoms with Gasteiger partial charge in [-0.1, -0.05) is 12.1 Å². The van der Waals surface area contributed by atoms with Crippen LogP contribution in [-0.2, 0) is 0 Å². The summed E-state index contributed by atoms with van der Waals surface area (Å²) in [6.07, 6.45) is 0. The van der Waals surface area contributed by atoms with Gasteiger partial charge in [-0.15, -0.1) is 0 Å². The van der Waals surface area contributed by atoms with Crippen molar-refractivity contribution >= 4 is 16.5 Å². The molecule has 0 heterocycles. The van der Waals surface area contributed by atoms with Crippen LogP contribution in [0, 0.1) is 6.92 Å². The van der Waals surface area contributed by atoms with E-state index in [0.717, 1.165) is 16.3 Å². The molecule has 0 aliphatic carbocycles. The molecule has 0 aliphatic heterocycles. The summed E-state index contributed by atoms with van der Waals surface area (Å²) < 4.78 is 0. The van der Waals surface area contributed by atoms with Crippen molar-refractivity contribution in [2.45, 2.75) is 6.92 Å². The molecule has 0 saturated heterocycles. The molecule has 0 bridgehead atoms. The predicted octanol–water partition coefficient (Wildman–Crippen LogP) is 2.44. The number of nitrogen functional groups attached to an aromatic ring is 1. The van der Waals surface area contributed by atoms with E-state index in [1.807, 2.05) is 31.2 Å². The molecule has 0 atom stereocenters. The minimum absolute atomic E-state index is 0.294. The Morgan fingerprint density at radius 3 is 2.69 bits per heavy atom. The van der Waals surface area contributed by atoms with Crippen LogP contribution in [-0.4, -0.2) is 5.11 Å². The number of aromatic hydroxyl groups is 1. The van der Waals surface area contributed by atoms with Crippen molar-refractivity contribution in [1.82, 2.24) is 0 Å². The first-order valence-corrected chi connectivity index (χ1v) is 4.16.